The van der Waals surface area contributed by atoms with Crippen molar-refractivity contribution in [2.75, 3.05) is 19.0 Å². The van der Waals surface area contributed by atoms with Crippen molar-refractivity contribution in [3.8, 4) is 22.5 Å². The molecule has 0 fully saturated rings. The van der Waals surface area contributed by atoms with Crippen molar-refractivity contribution in [3.63, 3.8) is 0 Å². The van der Waals surface area contributed by atoms with Crippen molar-refractivity contribution >= 4 is 5.69 Å². The number of aryl methyl sites for hydroxylation is 1. The molecule has 0 amide bonds. The Hall–Kier alpha value is -2.81. The first kappa shape index (κ1) is 14.8. The molecule has 0 radical (unpaired) electrons. The lowest BCUT2D eigenvalue weighted by molar-refractivity contribution is 0.518. The Labute approximate surface area is 141 Å². The fraction of sp³-hybridized carbons (Fsp3) is 0.190. The van der Waals surface area contributed by atoms with Gasteiger partial charge in [0.2, 0.25) is 0 Å². The monoisotopic (exact) mass is 317 g/mol. The zero-order valence-electron chi connectivity index (χ0n) is 13.9. The third-order valence-electron chi connectivity index (χ3n) is 4.61. The Kier molecular flexibility index (Phi) is 3.49. The molecule has 0 aliphatic heterocycles. The normalized spacial score (nSPS) is 12.4. The van der Waals surface area contributed by atoms with Crippen LogP contribution in [0.25, 0.3) is 22.5 Å². The van der Waals surface area contributed by atoms with E-state index in [9.17, 15) is 4.79 Å². The lowest BCUT2D eigenvalue weighted by atomic mass is 9.87. The minimum absolute atomic E-state index is 0.277. The summed E-state index contributed by atoms with van der Waals surface area (Å²) in [7, 11) is 3.98. The quantitative estimate of drug-likeness (QED) is 0.712. The summed E-state index contributed by atoms with van der Waals surface area (Å²) in [5, 5.41) is 0. The topological polar surface area (TPSA) is 33.5 Å². The molecule has 0 saturated heterocycles. The molecule has 2 aromatic carbocycles. The molecule has 3 aromatic rings. The summed E-state index contributed by atoms with van der Waals surface area (Å²) in [6.45, 7) is 0. The van der Waals surface area contributed by atoms with Crippen LogP contribution in [-0.4, -0.2) is 14.1 Å². The van der Waals surface area contributed by atoms with Crippen LogP contribution in [0.4, 0.5) is 5.69 Å². The Morgan fingerprint density at radius 3 is 2.38 bits per heavy atom. The van der Waals surface area contributed by atoms with Crippen LogP contribution < -0.4 is 10.5 Å². The first-order valence-electron chi connectivity index (χ1n) is 8.18. The summed E-state index contributed by atoms with van der Waals surface area (Å²) >= 11 is 0. The molecule has 0 N–H and O–H groups in total. The summed E-state index contributed by atoms with van der Waals surface area (Å²) in [6.07, 6.45) is 1.84. The molecule has 3 nitrogen and oxygen atoms in total. The minimum Gasteiger partial charge on any atom is -0.422 e. The van der Waals surface area contributed by atoms with Gasteiger partial charge in [0.25, 0.3) is 0 Å². The van der Waals surface area contributed by atoms with E-state index in [-0.39, 0.29) is 5.63 Å². The van der Waals surface area contributed by atoms with E-state index in [1.54, 1.807) is 0 Å². The van der Waals surface area contributed by atoms with Crippen LogP contribution in [0.1, 0.15) is 11.1 Å². The Morgan fingerprint density at radius 2 is 1.62 bits per heavy atom. The number of rotatable bonds is 2. The van der Waals surface area contributed by atoms with E-state index in [4.69, 9.17) is 4.42 Å². The van der Waals surface area contributed by atoms with Crippen molar-refractivity contribution in [2.24, 2.45) is 0 Å². The highest BCUT2D eigenvalue weighted by molar-refractivity contribution is 5.85. The second-order valence-corrected chi connectivity index (χ2v) is 6.34. The highest BCUT2D eigenvalue weighted by Gasteiger charge is 2.26. The standard InChI is InChI=1S/C21H19NO2/c1-22(2)19-17-13-12-14-8-6-7-11-16(14)20(17)24-21(23)18(19)15-9-4-3-5-10-15/h3-11H,12-13H2,1-2H3. The Morgan fingerprint density at radius 1 is 0.917 bits per heavy atom. The number of anilines is 1. The molecule has 1 aliphatic rings. The maximum absolute atomic E-state index is 12.8. The van der Waals surface area contributed by atoms with Gasteiger partial charge in [-0.15, -0.1) is 0 Å². The van der Waals surface area contributed by atoms with Gasteiger partial charge >= 0.3 is 5.63 Å². The van der Waals surface area contributed by atoms with Gasteiger partial charge in [-0.05, 0) is 24.0 Å². The van der Waals surface area contributed by atoms with E-state index < -0.39 is 0 Å². The summed E-state index contributed by atoms with van der Waals surface area (Å²) in [5.74, 6) is 0.727. The first-order valence-corrected chi connectivity index (χ1v) is 8.18. The van der Waals surface area contributed by atoms with Gasteiger partial charge in [0.05, 0.1) is 11.3 Å². The minimum atomic E-state index is -0.277. The lowest BCUT2D eigenvalue weighted by Gasteiger charge is -2.26. The van der Waals surface area contributed by atoms with Gasteiger partial charge in [-0.3, -0.25) is 0 Å². The van der Waals surface area contributed by atoms with Crippen molar-refractivity contribution in [1.29, 1.82) is 0 Å². The van der Waals surface area contributed by atoms with E-state index in [1.165, 1.54) is 5.56 Å². The molecule has 0 atom stereocenters. The van der Waals surface area contributed by atoms with E-state index >= 15 is 0 Å². The number of nitrogens with zero attached hydrogens (tertiary/aromatic N) is 1. The summed E-state index contributed by atoms with van der Waals surface area (Å²) in [5.41, 5.74) is 5.65. The molecule has 3 heteroatoms. The molecular weight excluding hydrogens is 298 g/mol. The second kappa shape index (κ2) is 5.68. The maximum atomic E-state index is 12.8. The van der Waals surface area contributed by atoms with Crippen molar-refractivity contribution in [2.45, 2.75) is 12.8 Å². The molecule has 120 valence electrons. The number of benzene rings is 2. The van der Waals surface area contributed by atoms with E-state index in [2.05, 4.69) is 6.07 Å². The van der Waals surface area contributed by atoms with Gasteiger partial charge in [-0.2, -0.15) is 0 Å². The van der Waals surface area contributed by atoms with Crippen LogP contribution in [0.15, 0.2) is 63.8 Å². The molecule has 4 rings (SSSR count). The van der Waals surface area contributed by atoms with Crippen LogP contribution in [-0.2, 0) is 12.8 Å². The predicted octanol–water partition coefficient (Wildman–Crippen LogP) is 4.14. The zero-order valence-corrected chi connectivity index (χ0v) is 13.9. The third-order valence-corrected chi connectivity index (χ3v) is 4.61. The SMILES string of the molecule is CN(C)c1c2c(oc(=O)c1-c1ccccc1)-c1ccccc1CC2. The molecule has 1 aromatic heterocycles. The Balaban J connectivity index is 2.06. The summed E-state index contributed by atoms with van der Waals surface area (Å²) in [6, 6.07) is 17.9. The fourth-order valence-electron chi connectivity index (χ4n) is 3.58. The van der Waals surface area contributed by atoms with Gasteiger partial charge < -0.3 is 9.32 Å². The van der Waals surface area contributed by atoms with Crippen molar-refractivity contribution in [1.82, 2.24) is 0 Å². The van der Waals surface area contributed by atoms with Crippen LogP contribution in [0, 0.1) is 0 Å². The molecule has 1 heterocycles. The average Bonchev–Trinajstić information content (AvgIpc) is 2.61. The van der Waals surface area contributed by atoms with Gasteiger partial charge in [0.1, 0.15) is 5.76 Å². The lowest BCUT2D eigenvalue weighted by Crippen LogP contribution is -2.21. The van der Waals surface area contributed by atoms with Crippen LogP contribution in [0.5, 0.6) is 0 Å². The molecule has 24 heavy (non-hydrogen) atoms. The molecular formula is C21H19NO2. The largest absolute Gasteiger partial charge is 0.422 e. The van der Waals surface area contributed by atoms with Crippen LogP contribution in [0.3, 0.4) is 0 Å². The molecule has 0 bridgehead atoms. The van der Waals surface area contributed by atoms with Crippen molar-refractivity contribution in [3.05, 3.63) is 76.1 Å². The van der Waals surface area contributed by atoms with Crippen LogP contribution >= 0.6 is 0 Å². The highest BCUT2D eigenvalue weighted by atomic mass is 16.4. The Bertz CT molecular complexity index is 955. The average molecular weight is 317 g/mol. The molecule has 0 unspecified atom stereocenters. The van der Waals surface area contributed by atoms with Gasteiger partial charge in [-0.25, -0.2) is 4.79 Å². The summed E-state index contributed by atoms with van der Waals surface area (Å²) < 4.78 is 5.82. The fourth-order valence-corrected chi connectivity index (χ4v) is 3.58. The van der Waals surface area contributed by atoms with Gasteiger partial charge in [-0.1, -0.05) is 54.6 Å². The number of fused-ring (bicyclic) bond motifs is 3. The van der Waals surface area contributed by atoms with E-state index in [1.807, 2.05) is 67.5 Å². The third kappa shape index (κ3) is 2.24. The van der Waals surface area contributed by atoms with Gasteiger partial charge in [0.15, 0.2) is 0 Å². The van der Waals surface area contributed by atoms with E-state index in [0.29, 0.717) is 5.56 Å². The molecule has 0 spiro atoms. The molecule has 0 saturated carbocycles. The van der Waals surface area contributed by atoms with E-state index in [0.717, 1.165) is 41.0 Å². The molecule has 1 aliphatic carbocycles. The smallest absolute Gasteiger partial charge is 0.346 e. The zero-order chi connectivity index (χ0) is 16.7. The van der Waals surface area contributed by atoms with Gasteiger partial charge in [0, 0.05) is 25.2 Å². The summed E-state index contributed by atoms with van der Waals surface area (Å²) in [4.78, 5) is 14.9. The van der Waals surface area contributed by atoms with Crippen LogP contribution in [0.2, 0.25) is 0 Å². The number of hydrogen-bond acceptors (Lipinski definition) is 3. The predicted molar refractivity (Wildman–Crippen MR) is 97.6 cm³/mol. The highest BCUT2D eigenvalue weighted by Crippen LogP contribution is 2.41. The maximum Gasteiger partial charge on any atom is 0.346 e. The van der Waals surface area contributed by atoms with Crippen molar-refractivity contribution < 1.29 is 4.42 Å². The first-order chi connectivity index (χ1) is 11.7. The number of hydrogen-bond donors (Lipinski definition) is 0. The second-order valence-electron chi connectivity index (χ2n) is 6.34.